The molecule has 0 aliphatic carbocycles. The van der Waals surface area contributed by atoms with Crippen molar-refractivity contribution < 1.29 is 9.53 Å². The molecular weight excluding hydrogens is 286 g/mol. The molecule has 1 atom stereocenters. The van der Waals surface area contributed by atoms with Crippen molar-refractivity contribution >= 4 is 17.4 Å². The number of nitrogens with one attached hydrogen (secondary N) is 1. The Bertz CT molecular complexity index is 440. The third-order valence-electron chi connectivity index (χ3n) is 4.20. The fourth-order valence-corrected chi connectivity index (χ4v) is 3.87. The quantitative estimate of drug-likeness (QED) is 0.924. The van der Waals surface area contributed by atoms with Crippen LogP contribution in [0, 0.1) is 0 Å². The van der Waals surface area contributed by atoms with Crippen molar-refractivity contribution in [3.63, 3.8) is 0 Å². The zero-order valence-electron chi connectivity index (χ0n) is 12.3. The van der Waals surface area contributed by atoms with Crippen LogP contribution in [-0.4, -0.2) is 61.8 Å². The maximum atomic E-state index is 12.2. The largest absolute Gasteiger partial charge is 0.378 e. The van der Waals surface area contributed by atoms with Gasteiger partial charge >= 0.3 is 6.03 Å². The highest BCUT2D eigenvalue weighted by atomic mass is 32.1. The first-order valence-electron chi connectivity index (χ1n) is 7.72. The predicted molar refractivity (Wildman–Crippen MR) is 83.7 cm³/mol. The Balaban J connectivity index is 1.58. The van der Waals surface area contributed by atoms with E-state index in [-0.39, 0.29) is 6.03 Å². The van der Waals surface area contributed by atoms with Crippen molar-refractivity contribution in [1.82, 2.24) is 15.1 Å². The van der Waals surface area contributed by atoms with E-state index >= 15 is 0 Å². The third kappa shape index (κ3) is 3.75. The molecule has 116 valence electrons. The Hall–Kier alpha value is -1.11. The molecule has 2 fully saturated rings. The Kier molecular flexibility index (Phi) is 5.11. The number of carbonyl (C=O) groups excluding carboxylic acids is 1. The molecule has 2 saturated heterocycles. The molecule has 1 aromatic heterocycles. The number of amides is 2. The maximum Gasteiger partial charge on any atom is 0.317 e. The molecule has 2 amide bonds. The van der Waals surface area contributed by atoms with Crippen molar-refractivity contribution in [2.24, 2.45) is 0 Å². The molecule has 0 unspecified atom stereocenters. The predicted octanol–water partition coefficient (Wildman–Crippen LogP) is 1.93. The van der Waals surface area contributed by atoms with Crippen LogP contribution in [0.15, 0.2) is 17.5 Å². The summed E-state index contributed by atoms with van der Waals surface area (Å²) in [6, 6.07) is 4.62. The molecule has 3 rings (SSSR count). The van der Waals surface area contributed by atoms with Gasteiger partial charge in [0.05, 0.1) is 19.3 Å². The van der Waals surface area contributed by atoms with Gasteiger partial charge in [-0.2, -0.15) is 0 Å². The standard InChI is InChI=1S/C15H23N3O2S/c19-15(18-7-9-20-10-8-18)16-12-13(14-4-3-11-21-14)17-5-1-2-6-17/h3-4,11,13H,1-2,5-10,12H2,(H,16,19)/t13-/m0/s1. The zero-order valence-corrected chi connectivity index (χ0v) is 13.1. The normalized spacial score (nSPS) is 21.4. The van der Waals surface area contributed by atoms with Gasteiger partial charge in [-0.3, -0.25) is 4.90 Å². The Morgan fingerprint density at radius 3 is 2.71 bits per heavy atom. The van der Waals surface area contributed by atoms with Crippen LogP contribution in [0.1, 0.15) is 23.8 Å². The van der Waals surface area contributed by atoms with E-state index in [0.29, 0.717) is 38.9 Å². The third-order valence-corrected chi connectivity index (χ3v) is 5.17. The molecule has 0 radical (unpaired) electrons. The molecule has 2 aliphatic heterocycles. The molecule has 0 aromatic carbocycles. The highest BCUT2D eigenvalue weighted by Gasteiger charge is 2.25. The van der Waals surface area contributed by atoms with E-state index in [1.807, 2.05) is 4.90 Å². The number of rotatable bonds is 4. The molecule has 21 heavy (non-hydrogen) atoms. The van der Waals surface area contributed by atoms with Crippen LogP contribution < -0.4 is 5.32 Å². The number of hydrogen-bond donors (Lipinski definition) is 1. The van der Waals surface area contributed by atoms with E-state index < -0.39 is 0 Å². The molecule has 3 heterocycles. The summed E-state index contributed by atoms with van der Waals surface area (Å²) in [6.07, 6.45) is 2.53. The van der Waals surface area contributed by atoms with Gasteiger partial charge < -0.3 is 15.0 Å². The van der Waals surface area contributed by atoms with Gasteiger partial charge in [-0.15, -0.1) is 11.3 Å². The van der Waals surface area contributed by atoms with E-state index in [4.69, 9.17) is 4.74 Å². The van der Waals surface area contributed by atoms with E-state index in [9.17, 15) is 4.79 Å². The topological polar surface area (TPSA) is 44.8 Å². The maximum absolute atomic E-state index is 12.2. The molecular formula is C15H23N3O2S. The number of ether oxygens (including phenoxy) is 1. The second-order valence-corrected chi connectivity index (χ2v) is 6.54. The fourth-order valence-electron chi connectivity index (χ4n) is 3.01. The summed E-state index contributed by atoms with van der Waals surface area (Å²) in [4.78, 5) is 17.9. The first-order valence-corrected chi connectivity index (χ1v) is 8.60. The van der Waals surface area contributed by atoms with Crippen LogP contribution in [0.3, 0.4) is 0 Å². The second-order valence-electron chi connectivity index (χ2n) is 5.56. The number of hydrogen-bond acceptors (Lipinski definition) is 4. The van der Waals surface area contributed by atoms with Gasteiger partial charge in [0.15, 0.2) is 0 Å². The minimum absolute atomic E-state index is 0.0408. The molecule has 1 aromatic rings. The molecule has 0 bridgehead atoms. The fraction of sp³-hybridized carbons (Fsp3) is 0.667. The monoisotopic (exact) mass is 309 g/mol. The first-order chi connectivity index (χ1) is 10.3. The van der Waals surface area contributed by atoms with E-state index in [1.54, 1.807) is 11.3 Å². The van der Waals surface area contributed by atoms with Crippen LogP contribution in [-0.2, 0) is 4.74 Å². The molecule has 1 N–H and O–H groups in total. The molecule has 5 nitrogen and oxygen atoms in total. The molecule has 2 aliphatic rings. The number of urea groups is 1. The summed E-state index contributed by atoms with van der Waals surface area (Å²) in [6.45, 7) is 5.64. The number of morpholine rings is 1. The van der Waals surface area contributed by atoms with Gasteiger partial charge in [-0.1, -0.05) is 6.07 Å². The highest BCUT2D eigenvalue weighted by Crippen LogP contribution is 2.27. The van der Waals surface area contributed by atoms with Crippen LogP contribution in [0.25, 0.3) is 0 Å². The van der Waals surface area contributed by atoms with Gasteiger partial charge in [0, 0.05) is 24.5 Å². The molecule has 6 heteroatoms. The number of carbonyl (C=O) groups is 1. The summed E-state index contributed by atoms with van der Waals surface area (Å²) >= 11 is 1.78. The van der Waals surface area contributed by atoms with Crippen molar-refractivity contribution in [3.05, 3.63) is 22.4 Å². The van der Waals surface area contributed by atoms with Crippen LogP contribution >= 0.6 is 11.3 Å². The number of likely N-dealkylation sites (tertiary alicyclic amines) is 1. The van der Waals surface area contributed by atoms with Crippen LogP contribution in [0.5, 0.6) is 0 Å². The molecule has 0 spiro atoms. The number of thiophene rings is 1. The number of nitrogens with zero attached hydrogens (tertiary/aromatic N) is 2. The Morgan fingerprint density at radius 1 is 1.29 bits per heavy atom. The van der Waals surface area contributed by atoms with Crippen molar-refractivity contribution in [2.75, 3.05) is 45.9 Å². The summed E-state index contributed by atoms with van der Waals surface area (Å²) in [5.41, 5.74) is 0. The van der Waals surface area contributed by atoms with Gasteiger partial charge in [0.2, 0.25) is 0 Å². The van der Waals surface area contributed by atoms with Gasteiger partial charge in [-0.05, 0) is 37.4 Å². The smallest absolute Gasteiger partial charge is 0.317 e. The summed E-state index contributed by atoms with van der Waals surface area (Å²) < 4.78 is 5.29. The van der Waals surface area contributed by atoms with Crippen LogP contribution in [0.2, 0.25) is 0 Å². The average molecular weight is 309 g/mol. The van der Waals surface area contributed by atoms with Crippen molar-refractivity contribution in [3.8, 4) is 0 Å². The molecule has 0 saturated carbocycles. The lowest BCUT2D eigenvalue weighted by Crippen LogP contribution is -2.48. The lowest BCUT2D eigenvalue weighted by Gasteiger charge is -2.30. The summed E-state index contributed by atoms with van der Waals surface area (Å²) in [7, 11) is 0. The second kappa shape index (κ2) is 7.24. The Labute approximate surface area is 129 Å². The van der Waals surface area contributed by atoms with Gasteiger partial charge in [0.25, 0.3) is 0 Å². The minimum Gasteiger partial charge on any atom is -0.378 e. The first kappa shape index (κ1) is 14.8. The average Bonchev–Trinajstić information content (AvgIpc) is 3.22. The zero-order chi connectivity index (χ0) is 14.5. The van der Waals surface area contributed by atoms with Gasteiger partial charge in [0.1, 0.15) is 0 Å². The highest BCUT2D eigenvalue weighted by molar-refractivity contribution is 7.10. The van der Waals surface area contributed by atoms with Gasteiger partial charge in [-0.25, -0.2) is 4.79 Å². The SMILES string of the molecule is O=C(NC[C@@H](c1cccs1)N1CCCC1)N1CCOCC1. The summed E-state index contributed by atoms with van der Waals surface area (Å²) in [5, 5.41) is 5.23. The lowest BCUT2D eigenvalue weighted by molar-refractivity contribution is 0.0527. The van der Waals surface area contributed by atoms with E-state index in [1.165, 1.54) is 17.7 Å². The van der Waals surface area contributed by atoms with Crippen LogP contribution in [0.4, 0.5) is 4.79 Å². The minimum atomic E-state index is 0.0408. The van der Waals surface area contributed by atoms with Crippen molar-refractivity contribution in [2.45, 2.75) is 18.9 Å². The Morgan fingerprint density at radius 2 is 2.05 bits per heavy atom. The summed E-state index contributed by atoms with van der Waals surface area (Å²) in [5.74, 6) is 0. The van der Waals surface area contributed by atoms with E-state index in [2.05, 4.69) is 27.7 Å². The van der Waals surface area contributed by atoms with Crippen molar-refractivity contribution in [1.29, 1.82) is 0 Å². The van der Waals surface area contributed by atoms with E-state index in [0.717, 1.165) is 13.1 Å². The lowest BCUT2D eigenvalue weighted by atomic mass is 10.2.